The molecular weight excluding hydrogens is 378 g/mol. The number of rotatable bonds is 6. The van der Waals surface area contributed by atoms with E-state index in [0.29, 0.717) is 29.6 Å². The van der Waals surface area contributed by atoms with Gasteiger partial charge < -0.3 is 10.1 Å². The number of para-hydroxylation sites is 2. The van der Waals surface area contributed by atoms with Crippen LogP contribution in [0.25, 0.3) is 16.7 Å². The highest BCUT2D eigenvalue weighted by molar-refractivity contribution is 5.76. The van der Waals surface area contributed by atoms with Crippen LogP contribution in [-0.4, -0.2) is 25.9 Å². The molecule has 30 heavy (non-hydrogen) atoms. The van der Waals surface area contributed by atoms with E-state index >= 15 is 0 Å². The summed E-state index contributed by atoms with van der Waals surface area (Å²) in [5.41, 5.74) is 2.18. The Morgan fingerprint density at radius 3 is 2.67 bits per heavy atom. The summed E-state index contributed by atoms with van der Waals surface area (Å²) in [5.74, 6) is 1.29. The van der Waals surface area contributed by atoms with Crippen LogP contribution >= 0.6 is 0 Å². The summed E-state index contributed by atoms with van der Waals surface area (Å²) in [6.07, 6.45) is 6.51. The number of ether oxygens (including phenoxy) is 1. The van der Waals surface area contributed by atoms with Crippen molar-refractivity contribution in [2.24, 2.45) is 0 Å². The Morgan fingerprint density at radius 1 is 1.07 bits per heavy atom. The number of nitrogens with one attached hydrogen (secondary N) is 2. The summed E-state index contributed by atoms with van der Waals surface area (Å²) >= 11 is 0. The van der Waals surface area contributed by atoms with Gasteiger partial charge in [0.25, 0.3) is 5.56 Å². The molecule has 2 N–H and O–H groups in total. The van der Waals surface area contributed by atoms with Crippen LogP contribution < -0.4 is 15.6 Å². The van der Waals surface area contributed by atoms with Crippen LogP contribution in [-0.2, 0) is 6.54 Å². The normalized spacial score (nSPS) is 14.3. The van der Waals surface area contributed by atoms with E-state index in [4.69, 9.17) is 4.74 Å². The van der Waals surface area contributed by atoms with E-state index in [1.54, 1.807) is 10.9 Å². The van der Waals surface area contributed by atoms with E-state index in [2.05, 4.69) is 20.4 Å². The van der Waals surface area contributed by atoms with Gasteiger partial charge in [-0.25, -0.2) is 4.68 Å². The van der Waals surface area contributed by atoms with Crippen molar-refractivity contribution in [2.75, 3.05) is 5.32 Å². The lowest BCUT2D eigenvalue weighted by atomic mass is 10.2. The first-order valence-corrected chi connectivity index (χ1v) is 10.3. The molecule has 1 aliphatic rings. The lowest BCUT2D eigenvalue weighted by Crippen LogP contribution is -2.15. The zero-order valence-corrected chi connectivity index (χ0v) is 16.5. The average molecular weight is 401 g/mol. The van der Waals surface area contributed by atoms with Gasteiger partial charge in [0.15, 0.2) is 5.65 Å². The maximum Gasteiger partial charge on any atom is 0.263 e. The number of fused-ring (bicyclic) bond motifs is 1. The number of hydrogen-bond donors (Lipinski definition) is 2. The maximum atomic E-state index is 12.5. The molecule has 152 valence electrons. The molecule has 0 spiro atoms. The fourth-order valence-corrected chi connectivity index (χ4v) is 3.89. The first kappa shape index (κ1) is 18.4. The van der Waals surface area contributed by atoms with E-state index in [1.165, 1.54) is 12.8 Å². The predicted octanol–water partition coefficient (Wildman–Crippen LogP) is 4.04. The first-order chi connectivity index (χ1) is 14.8. The largest absolute Gasteiger partial charge is 0.490 e. The summed E-state index contributed by atoms with van der Waals surface area (Å²) in [5, 5.41) is 8.04. The molecule has 7 heteroatoms. The van der Waals surface area contributed by atoms with Crippen molar-refractivity contribution in [1.82, 2.24) is 19.7 Å². The lowest BCUT2D eigenvalue weighted by molar-refractivity contribution is 0.208. The van der Waals surface area contributed by atoms with Crippen molar-refractivity contribution in [3.8, 4) is 11.4 Å². The van der Waals surface area contributed by atoms with Crippen LogP contribution in [0.15, 0.2) is 65.6 Å². The van der Waals surface area contributed by atoms with Crippen molar-refractivity contribution in [1.29, 1.82) is 0 Å². The molecule has 1 fully saturated rings. The van der Waals surface area contributed by atoms with Gasteiger partial charge in [-0.2, -0.15) is 10.1 Å². The van der Waals surface area contributed by atoms with Gasteiger partial charge in [0.2, 0.25) is 5.95 Å². The van der Waals surface area contributed by atoms with Crippen LogP contribution in [0.4, 0.5) is 5.95 Å². The third-order valence-electron chi connectivity index (χ3n) is 5.45. The van der Waals surface area contributed by atoms with Gasteiger partial charge in [0, 0.05) is 12.1 Å². The smallest absolute Gasteiger partial charge is 0.263 e. The highest BCUT2D eigenvalue weighted by atomic mass is 16.5. The first-order valence-electron chi connectivity index (χ1n) is 10.3. The summed E-state index contributed by atoms with van der Waals surface area (Å²) in [6, 6.07) is 17.7. The van der Waals surface area contributed by atoms with Crippen LogP contribution in [0.1, 0.15) is 31.2 Å². The van der Waals surface area contributed by atoms with Crippen LogP contribution in [0, 0.1) is 0 Å². The number of aromatic amines is 1. The van der Waals surface area contributed by atoms with Crippen molar-refractivity contribution < 1.29 is 4.74 Å². The molecule has 0 atom stereocenters. The van der Waals surface area contributed by atoms with Crippen LogP contribution in [0.5, 0.6) is 5.75 Å². The highest BCUT2D eigenvalue weighted by Crippen LogP contribution is 2.27. The molecule has 2 aromatic carbocycles. The predicted molar refractivity (Wildman–Crippen MR) is 116 cm³/mol. The number of anilines is 1. The molecule has 0 saturated heterocycles. The summed E-state index contributed by atoms with van der Waals surface area (Å²) in [4.78, 5) is 20.0. The molecule has 7 nitrogen and oxygen atoms in total. The SMILES string of the molecule is O=c1[nH]c(NCc2ccccc2OC2CCCC2)nc2c1cnn2-c1ccccc1. The zero-order valence-electron chi connectivity index (χ0n) is 16.5. The third-order valence-corrected chi connectivity index (χ3v) is 5.45. The number of benzene rings is 2. The molecule has 0 bridgehead atoms. The maximum absolute atomic E-state index is 12.5. The Bertz CT molecular complexity index is 1210. The number of nitrogens with zero attached hydrogens (tertiary/aromatic N) is 3. The topological polar surface area (TPSA) is 84.8 Å². The Balaban J connectivity index is 1.41. The van der Waals surface area contributed by atoms with E-state index in [1.807, 2.05) is 54.6 Å². The van der Waals surface area contributed by atoms with E-state index in [9.17, 15) is 4.79 Å². The number of hydrogen-bond acceptors (Lipinski definition) is 5. The Labute approximate surface area is 173 Å². The quantitative estimate of drug-likeness (QED) is 0.509. The Hall–Kier alpha value is -3.61. The molecule has 4 aromatic rings. The fraction of sp³-hybridized carbons (Fsp3) is 0.261. The third kappa shape index (κ3) is 3.66. The van der Waals surface area contributed by atoms with Crippen LogP contribution in [0.2, 0.25) is 0 Å². The monoisotopic (exact) mass is 401 g/mol. The molecule has 1 aliphatic carbocycles. The average Bonchev–Trinajstić information content (AvgIpc) is 3.44. The van der Waals surface area contributed by atoms with E-state index in [-0.39, 0.29) is 5.56 Å². The lowest BCUT2D eigenvalue weighted by Gasteiger charge is -2.17. The summed E-state index contributed by atoms with van der Waals surface area (Å²) in [7, 11) is 0. The summed E-state index contributed by atoms with van der Waals surface area (Å²) < 4.78 is 7.88. The molecule has 5 rings (SSSR count). The van der Waals surface area contributed by atoms with Gasteiger partial charge in [-0.1, -0.05) is 36.4 Å². The van der Waals surface area contributed by atoms with Gasteiger partial charge >= 0.3 is 0 Å². The van der Waals surface area contributed by atoms with Gasteiger partial charge in [-0.3, -0.25) is 9.78 Å². The molecule has 2 heterocycles. The second-order valence-electron chi connectivity index (χ2n) is 7.53. The fourth-order valence-electron chi connectivity index (χ4n) is 3.89. The van der Waals surface area contributed by atoms with E-state index < -0.39 is 0 Å². The summed E-state index contributed by atoms with van der Waals surface area (Å²) in [6.45, 7) is 0.497. The highest BCUT2D eigenvalue weighted by Gasteiger charge is 2.18. The van der Waals surface area contributed by atoms with E-state index in [0.717, 1.165) is 29.8 Å². The zero-order chi connectivity index (χ0) is 20.3. The standard InChI is InChI=1S/C23H23N5O2/c29-22-19-15-25-28(17-9-2-1-3-10-17)21(19)26-23(27-22)24-14-16-8-4-7-13-20(16)30-18-11-5-6-12-18/h1-4,7-10,13,15,18H,5-6,11-12,14H2,(H2,24,26,27,29). The van der Waals surface area contributed by atoms with Gasteiger partial charge in [0.05, 0.1) is 18.0 Å². The molecule has 0 aliphatic heterocycles. The molecule has 0 radical (unpaired) electrons. The second kappa shape index (κ2) is 8.02. The van der Waals surface area contributed by atoms with Gasteiger partial charge in [-0.15, -0.1) is 0 Å². The minimum atomic E-state index is -0.222. The molecule has 2 aromatic heterocycles. The van der Waals surface area contributed by atoms with Crippen molar-refractivity contribution in [3.05, 3.63) is 76.7 Å². The van der Waals surface area contributed by atoms with Gasteiger partial charge in [0.1, 0.15) is 11.1 Å². The Morgan fingerprint density at radius 2 is 1.83 bits per heavy atom. The minimum absolute atomic E-state index is 0.222. The van der Waals surface area contributed by atoms with Gasteiger partial charge in [-0.05, 0) is 43.9 Å². The number of aromatic nitrogens is 4. The molecular formula is C23H23N5O2. The van der Waals surface area contributed by atoms with Crippen molar-refractivity contribution >= 4 is 17.0 Å². The molecule has 1 saturated carbocycles. The molecule has 0 amide bonds. The Kier molecular flexibility index (Phi) is 4.93. The number of H-pyrrole nitrogens is 1. The molecule has 0 unspecified atom stereocenters. The van der Waals surface area contributed by atoms with Crippen molar-refractivity contribution in [3.63, 3.8) is 0 Å². The second-order valence-corrected chi connectivity index (χ2v) is 7.53. The van der Waals surface area contributed by atoms with Crippen LogP contribution in [0.3, 0.4) is 0 Å². The van der Waals surface area contributed by atoms with Crippen molar-refractivity contribution in [2.45, 2.75) is 38.3 Å². The minimum Gasteiger partial charge on any atom is -0.490 e.